The van der Waals surface area contributed by atoms with Crippen LogP contribution in [0.4, 0.5) is 24.5 Å². The first-order valence-corrected chi connectivity index (χ1v) is 15.4. The Hall–Kier alpha value is -2.34. The van der Waals surface area contributed by atoms with Gasteiger partial charge in [0.25, 0.3) is 0 Å². The zero-order valence-corrected chi connectivity index (χ0v) is 23.3. The highest BCUT2D eigenvalue weighted by Gasteiger charge is 2.42. The summed E-state index contributed by atoms with van der Waals surface area (Å²) in [5.74, 6) is -5.21. The number of benzene rings is 2. The molecule has 1 heterocycles. The Kier molecular flexibility index (Phi) is 10.1. The van der Waals surface area contributed by atoms with Crippen LogP contribution in [0.1, 0.15) is 52.4 Å². The fourth-order valence-corrected chi connectivity index (χ4v) is 7.53. The predicted octanol–water partition coefficient (Wildman–Crippen LogP) is 8.59. The van der Waals surface area contributed by atoms with Crippen LogP contribution in [0, 0.1) is 17.0 Å². The zero-order chi connectivity index (χ0) is 28.1. The fourth-order valence-electron chi connectivity index (χ4n) is 4.81. The third-order valence-corrected chi connectivity index (χ3v) is 9.52. The number of rotatable bonds is 11. The number of carboxylic acid groups (broad SMARTS) is 1. The maximum atomic E-state index is 14.4. The van der Waals surface area contributed by atoms with Gasteiger partial charge in [0, 0.05) is 35.5 Å². The minimum Gasteiger partial charge on any atom is -0.476 e. The Morgan fingerprint density at radius 3 is 2.34 bits per heavy atom. The van der Waals surface area contributed by atoms with Gasteiger partial charge in [0.2, 0.25) is 5.83 Å². The molecule has 0 atom stereocenters. The van der Waals surface area contributed by atoms with Crippen molar-refractivity contribution < 1.29 is 36.9 Å². The highest BCUT2D eigenvalue weighted by molar-refractivity contribution is 8.24. The molecule has 0 aromatic heterocycles. The average Bonchev–Trinajstić information content (AvgIpc) is 2.97. The van der Waals surface area contributed by atoms with E-state index in [0.29, 0.717) is 41.9 Å². The monoisotopic (exact) mass is 573 g/mol. The van der Waals surface area contributed by atoms with Crippen molar-refractivity contribution in [1.82, 2.24) is 0 Å². The number of carbonyl (C=O) groups is 1. The second-order valence-corrected chi connectivity index (χ2v) is 12.5. The molecule has 0 aliphatic carbocycles. The van der Waals surface area contributed by atoms with Crippen molar-refractivity contribution in [3.8, 4) is 5.75 Å². The van der Waals surface area contributed by atoms with Gasteiger partial charge in [-0.15, -0.1) is 11.8 Å². The van der Waals surface area contributed by atoms with Crippen molar-refractivity contribution in [3.63, 3.8) is 0 Å². The summed E-state index contributed by atoms with van der Waals surface area (Å²) in [5, 5.41) is 8.83. The van der Waals surface area contributed by atoms with Crippen molar-refractivity contribution in [3.05, 3.63) is 54.1 Å². The summed E-state index contributed by atoms with van der Waals surface area (Å²) in [7, 11) is -3.44. The predicted molar refractivity (Wildman–Crippen MR) is 147 cm³/mol. The molecular formula is C27H34F3NO5S2. The summed E-state index contributed by atoms with van der Waals surface area (Å²) in [6, 6.07) is 6.60. The number of aliphatic carboxylic acids is 1. The minimum atomic E-state index is -3.44. The average molecular weight is 574 g/mol. The van der Waals surface area contributed by atoms with E-state index < -0.39 is 39.4 Å². The van der Waals surface area contributed by atoms with Gasteiger partial charge in [-0.25, -0.2) is 13.6 Å². The molecule has 2 aromatic rings. The first-order chi connectivity index (χ1) is 18.0. The summed E-state index contributed by atoms with van der Waals surface area (Å²) in [5.41, 5.74) is 0.215. The van der Waals surface area contributed by atoms with Gasteiger partial charge >= 0.3 is 5.97 Å². The second kappa shape index (κ2) is 12.7. The Labute approximate surface area is 227 Å². The molecule has 0 radical (unpaired) electrons. The number of hydrogen-bond acceptors (Lipinski definition) is 6. The lowest BCUT2D eigenvalue weighted by atomic mass is 9.79. The molecule has 11 heteroatoms. The van der Waals surface area contributed by atoms with Crippen LogP contribution in [-0.2, 0) is 4.79 Å². The third kappa shape index (κ3) is 6.80. The lowest BCUT2D eigenvalue weighted by molar-refractivity contribution is -0.134. The standard InChI is InChI=1S/C27H34F3NO5S2/c1-4-6-10-27(11-7-5-2)16-31(18-8-9-19(28)20(29)12-18)22-13-24(37-3)23(36-15-21(30)26(32)33)14-25(22)38(34,35)17-27/h8-9,12-15,34-35H,4-7,10-11,16-17H2,1-3H3,(H,32,33)/b21-15-. The topological polar surface area (TPSA) is 90.2 Å². The molecule has 1 aliphatic rings. The number of unbranched alkanes of at least 4 members (excludes halogenated alkanes) is 2. The van der Waals surface area contributed by atoms with Crippen LogP contribution >= 0.6 is 22.4 Å². The highest BCUT2D eigenvalue weighted by atomic mass is 32.3. The van der Waals surface area contributed by atoms with Crippen LogP contribution < -0.4 is 9.64 Å². The van der Waals surface area contributed by atoms with E-state index in [4.69, 9.17) is 9.84 Å². The summed E-state index contributed by atoms with van der Waals surface area (Å²) < 4.78 is 70.4. The molecule has 3 rings (SSSR count). The Morgan fingerprint density at radius 2 is 1.79 bits per heavy atom. The maximum Gasteiger partial charge on any atom is 0.368 e. The number of thioether (sulfide) groups is 1. The Morgan fingerprint density at radius 1 is 1.13 bits per heavy atom. The van der Waals surface area contributed by atoms with Crippen molar-refractivity contribution in [2.45, 2.75) is 62.2 Å². The molecule has 0 unspecified atom stereocenters. The van der Waals surface area contributed by atoms with Crippen molar-refractivity contribution in [1.29, 1.82) is 0 Å². The summed E-state index contributed by atoms with van der Waals surface area (Å²) in [6.07, 6.45) is 7.11. The number of fused-ring (bicyclic) bond motifs is 1. The number of carboxylic acids is 1. The van der Waals surface area contributed by atoms with Gasteiger partial charge in [-0.1, -0.05) is 39.5 Å². The lowest BCUT2D eigenvalue weighted by Gasteiger charge is -2.42. The molecule has 3 N–H and O–H groups in total. The molecular weight excluding hydrogens is 539 g/mol. The van der Waals surface area contributed by atoms with Gasteiger partial charge in [0.05, 0.1) is 15.5 Å². The van der Waals surface area contributed by atoms with Crippen molar-refractivity contribution >= 4 is 39.7 Å². The Bertz CT molecular complexity index is 1180. The highest BCUT2D eigenvalue weighted by Crippen LogP contribution is 2.62. The van der Waals surface area contributed by atoms with Gasteiger partial charge in [-0.05, 0) is 37.3 Å². The molecule has 0 saturated heterocycles. The van der Waals surface area contributed by atoms with Crippen LogP contribution in [-0.4, -0.2) is 38.7 Å². The molecule has 0 fully saturated rings. The third-order valence-electron chi connectivity index (χ3n) is 6.72. The molecule has 210 valence electrons. The van der Waals surface area contributed by atoms with E-state index in [1.54, 1.807) is 17.2 Å². The molecule has 38 heavy (non-hydrogen) atoms. The van der Waals surface area contributed by atoms with Crippen LogP contribution in [0.2, 0.25) is 0 Å². The number of nitrogens with zero attached hydrogens (tertiary/aromatic N) is 1. The lowest BCUT2D eigenvalue weighted by Crippen LogP contribution is -2.38. The number of ether oxygens (including phenoxy) is 1. The van der Waals surface area contributed by atoms with Crippen LogP contribution in [0.3, 0.4) is 0 Å². The van der Waals surface area contributed by atoms with Gasteiger partial charge in [0.15, 0.2) is 11.6 Å². The molecule has 6 nitrogen and oxygen atoms in total. The summed E-state index contributed by atoms with van der Waals surface area (Å²) in [4.78, 5) is 13.3. The van der Waals surface area contributed by atoms with E-state index in [1.807, 2.05) is 0 Å². The summed E-state index contributed by atoms with van der Waals surface area (Å²) >= 11 is 1.23. The van der Waals surface area contributed by atoms with Gasteiger partial charge < -0.3 is 14.7 Å². The quantitative estimate of drug-likeness (QED) is 0.141. The fraction of sp³-hybridized carbons (Fsp3) is 0.444. The van der Waals surface area contributed by atoms with Gasteiger partial charge in [-0.2, -0.15) is 15.0 Å². The SMILES string of the molecule is CCCCC1(CCCC)CN(c2ccc(F)c(F)c2)c2cc(SC)c(O/C=C(\F)C(=O)O)cc2S(O)(O)C1. The second-order valence-electron chi connectivity index (χ2n) is 9.56. The molecule has 0 amide bonds. The number of halogens is 3. The van der Waals surface area contributed by atoms with E-state index in [0.717, 1.165) is 37.8 Å². The van der Waals surface area contributed by atoms with E-state index in [-0.39, 0.29) is 16.4 Å². The van der Waals surface area contributed by atoms with Crippen LogP contribution in [0.15, 0.2) is 52.2 Å². The van der Waals surface area contributed by atoms with Gasteiger partial charge in [0.1, 0.15) is 12.0 Å². The van der Waals surface area contributed by atoms with Crippen molar-refractivity contribution in [2.24, 2.45) is 5.41 Å². The van der Waals surface area contributed by atoms with E-state index >= 15 is 0 Å². The van der Waals surface area contributed by atoms with Gasteiger partial charge in [-0.3, -0.25) is 9.11 Å². The molecule has 0 bridgehead atoms. The first kappa shape index (κ1) is 30.2. The van der Waals surface area contributed by atoms with Crippen LogP contribution in [0.25, 0.3) is 0 Å². The van der Waals surface area contributed by atoms with E-state index in [9.17, 15) is 27.1 Å². The first-order valence-electron chi connectivity index (χ1n) is 12.4. The minimum absolute atomic E-state index is 0.0486. The number of hydrogen-bond donors (Lipinski definition) is 3. The van der Waals surface area contributed by atoms with Crippen molar-refractivity contribution in [2.75, 3.05) is 23.5 Å². The largest absolute Gasteiger partial charge is 0.476 e. The Balaban J connectivity index is 2.26. The normalized spacial score (nSPS) is 17.5. The zero-order valence-electron chi connectivity index (χ0n) is 21.7. The summed E-state index contributed by atoms with van der Waals surface area (Å²) in [6.45, 7) is 4.47. The van der Waals surface area contributed by atoms with E-state index in [1.165, 1.54) is 23.9 Å². The number of anilines is 2. The van der Waals surface area contributed by atoms with E-state index in [2.05, 4.69) is 13.8 Å². The molecule has 1 aliphatic heterocycles. The molecule has 0 saturated carbocycles. The maximum absolute atomic E-state index is 14.4. The molecule has 0 spiro atoms. The molecule has 2 aromatic carbocycles. The van der Waals surface area contributed by atoms with Crippen LogP contribution in [0.5, 0.6) is 5.75 Å². The smallest absolute Gasteiger partial charge is 0.368 e.